The number of benzene rings is 1. The topological polar surface area (TPSA) is 78.8 Å². The van der Waals surface area contributed by atoms with Crippen molar-refractivity contribution in [3.8, 4) is 0 Å². The molecule has 0 unspecified atom stereocenters. The SMILES string of the molecule is O=CCS/C(=N/C(=O)O)Nc1ccc(Cl)cc1. The molecule has 2 N–H and O–H groups in total. The maximum atomic E-state index is 10.5. The molecule has 0 aliphatic heterocycles. The lowest BCUT2D eigenvalue weighted by Gasteiger charge is -2.06. The fourth-order valence-corrected chi connectivity index (χ4v) is 1.64. The molecule has 0 spiro atoms. The Kier molecular flexibility index (Phi) is 5.51. The summed E-state index contributed by atoms with van der Waals surface area (Å²) in [5.41, 5.74) is 0.646. The van der Waals surface area contributed by atoms with E-state index in [2.05, 4.69) is 10.3 Å². The van der Waals surface area contributed by atoms with Gasteiger partial charge in [0.05, 0.1) is 5.75 Å². The van der Waals surface area contributed by atoms with Gasteiger partial charge in [0.1, 0.15) is 6.29 Å². The number of amidine groups is 1. The summed E-state index contributed by atoms with van der Waals surface area (Å²) in [7, 11) is 0. The second-order valence-electron chi connectivity index (χ2n) is 2.81. The molecule has 0 heterocycles. The molecule has 90 valence electrons. The monoisotopic (exact) mass is 272 g/mol. The van der Waals surface area contributed by atoms with Gasteiger partial charge < -0.3 is 15.2 Å². The lowest BCUT2D eigenvalue weighted by Crippen LogP contribution is -2.11. The average molecular weight is 273 g/mol. The van der Waals surface area contributed by atoms with Crippen LogP contribution in [0.15, 0.2) is 29.3 Å². The number of carbonyl (C=O) groups is 2. The van der Waals surface area contributed by atoms with Crippen LogP contribution in [0.2, 0.25) is 5.02 Å². The second-order valence-corrected chi connectivity index (χ2v) is 4.25. The lowest BCUT2D eigenvalue weighted by atomic mass is 10.3. The molecule has 17 heavy (non-hydrogen) atoms. The highest BCUT2D eigenvalue weighted by Gasteiger charge is 2.04. The Morgan fingerprint density at radius 1 is 1.47 bits per heavy atom. The summed E-state index contributed by atoms with van der Waals surface area (Å²) in [6.07, 6.45) is -0.647. The van der Waals surface area contributed by atoms with E-state index < -0.39 is 6.09 Å². The van der Waals surface area contributed by atoms with Crippen LogP contribution in [-0.4, -0.2) is 28.4 Å². The first-order chi connectivity index (χ1) is 8.11. The van der Waals surface area contributed by atoms with Gasteiger partial charge >= 0.3 is 6.09 Å². The number of carboxylic acid groups (broad SMARTS) is 1. The van der Waals surface area contributed by atoms with E-state index in [1.807, 2.05) is 0 Å². The lowest BCUT2D eigenvalue weighted by molar-refractivity contribution is -0.105. The molecule has 0 bridgehead atoms. The summed E-state index contributed by atoms with van der Waals surface area (Å²) in [5, 5.41) is 12.1. The number of hydrogen-bond acceptors (Lipinski definition) is 3. The van der Waals surface area contributed by atoms with Gasteiger partial charge in [0, 0.05) is 10.7 Å². The summed E-state index contributed by atoms with van der Waals surface area (Å²) in [5.74, 6) is 0.132. The number of rotatable bonds is 3. The van der Waals surface area contributed by atoms with Gasteiger partial charge in [0.2, 0.25) is 0 Å². The quantitative estimate of drug-likeness (QED) is 0.502. The van der Waals surface area contributed by atoms with E-state index in [9.17, 15) is 9.59 Å². The molecule has 0 radical (unpaired) electrons. The van der Waals surface area contributed by atoms with Crippen molar-refractivity contribution in [1.29, 1.82) is 0 Å². The zero-order valence-corrected chi connectivity index (χ0v) is 10.2. The number of aliphatic imine (C=N–C) groups is 1. The van der Waals surface area contributed by atoms with Crippen molar-refractivity contribution in [3.63, 3.8) is 0 Å². The smallest absolute Gasteiger partial charge is 0.433 e. The number of nitrogens with zero attached hydrogens (tertiary/aromatic N) is 1. The van der Waals surface area contributed by atoms with Gasteiger partial charge in [-0.1, -0.05) is 23.4 Å². The third-order valence-electron chi connectivity index (χ3n) is 1.58. The molecule has 1 rings (SSSR count). The van der Waals surface area contributed by atoms with Crippen LogP contribution < -0.4 is 5.32 Å². The zero-order valence-electron chi connectivity index (χ0n) is 8.59. The van der Waals surface area contributed by atoms with Crippen LogP contribution in [0.25, 0.3) is 0 Å². The molecule has 0 aliphatic carbocycles. The molecule has 0 saturated heterocycles. The highest BCUT2D eigenvalue weighted by atomic mass is 35.5. The van der Waals surface area contributed by atoms with Crippen LogP contribution in [0.5, 0.6) is 0 Å². The predicted octanol–water partition coefficient (Wildman–Crippen LogP) is 2.72. The number of halogens is 1. The summed E-state index contributed by atoms with van der Waals surface area (Å²) in [6.45, 7) is 0. The number of amides is 1. The Hall–Kier alpha value is -1.53. The van der Waals surface area contributed by atoms with Crippen LogP contribution in [-0.2, 0) is 4.79 Å². The highest BCUT2D eigenvalue weighted by molar-refractivity contribution is 8.14. The summed E-state index contributed by atoms with van der Waals surface area (Å²) in [4.78, 5) is 24.0. The summed E-state index contributed by atoms with van der Waals surface area (Å²) < 4.78 is 0. The third kappa shape index (κ3) is 5.37. The number of carbonyl (C=O) groups excluding carboxylic acids is 1. The third-order valence-corrected chi connectivity index (χ3v) is 2.60. The summed E-state index contributed by atoms with van der Waals surface area (Å²) >= 11 is 6.72. The summed E-state index contributed by atoms with van der Waals surface area (Å²) in [6, 6.07) is 6.68. The van der Waals surface area contributed by atoms with Gasteiger partial charge in [-0.25, -0.2) is 4.79 Å². The molecule has 0 aliphatic rings. The molecular weight excluding hydrogens is 264 g/mol. The van der Waals surface area contributed by atoms with E-state index in [1.165, 1.54) is 0 Å². The van der Waals surface area contributed by atoms with Crippen molar-refractivity contribution in [2.24, 2.45) is 4.99 Å². The normalized spacial score (nSPS) is 11.0. The van der Waals surface area contributed by atoms with Crippen molar-refractivity contribution in [3.05, 3.63) is 29.3 Å². The average Bonchev–Trinajstić information content (AvgIpc) is 2.28. The van der Waals surface area contributed by atoms with E-state index in [4.69, 9.17) is 16.7 Å². The number of anilines is 1. The minimum atomic E-state index is -1.32. The molecule has 1 aromatic carbocycles. The Bertz CT molecular complexity index is 434. The molecule has 7 heteroatoms. The van der Waals surface area contributed by atoms with E-state index >= 15 is 0 Å². The highest BCUT2D eigenvalue weighted by Crippen LogP contribution is 2.15. The van der Waals surface area contributed by atoms with Crippen LogP contribution in [0.3, 0.4) is 0 Å². The fraction of sp³-hybridized carbons (Fsp3) is 0.100. The Morgan fingerprint density at radius 2 is 2.12 bits per heavy atom. The molecule has 0 atom stereocenters. The fourth-order valence-electron chi connectivity index (χ4n) is 0.953. The van der Waals surface area contributed by atoms with Crippen molar-refractivity contribution in [2.45, 2.75) is 0 Å². The Morgan fingerprint density at radius 3 is 2.65 bits per heavy atom. The molecule has 1 aromatic rings. The van der Waals surface area contributed by atoms with Gasteiger partial charge in [-0.05, 0) is 24.3 Å². The number of hydrogen-bond donors (Lipinski definition) is 2. The van der Waals surface area contributed by atoms with Crippen LogP contribution in [0, 0.1) is 0 Å². The molecule has 5 nitrogen and oxygen atoms in total. The molecule has 1 amide bonds. The van der Waals surface area contributed by atoms with Gasteiger partial charge in [-0.2, -0.15) is 4.99 Å². The maximum Gasteiger partial charge on any atom is 0.433 e. The van der Waals surface area contributed by atoms with Gasteiger partial charge in [-0.3, -0.25) is 0 Å². The first-order valence-corrected chi connectivity index (χ1v) is 5.89. The van der Waals surface area contributed by atoms with E-state index in [-0.39, 0.29) is 10.9 Å². The maximum absolute atomic E-state index is 10.5. The number of aldehydes is 1. The van der Waals surface area contributed by atoms with Gasteiger partial charge in [-0.15, -0.1) is 0 Å². The minimum Gasteiger partial charge on any atom is -0.463 e. The van der Waals surface area contributed by atoms with Crippen molar-refractivity contribution in [1.82, 2.24) is 0 Å². The van der Waals surface area contributed by atoms with Gasteiger partial charge in [0.25, 0.3) is 0 Å². The van der Waals surface area contributed by atoms with Crippen molar-refractivity contribution < 1.29 is 14.7 Å². The first-order valence-electron chi connectivity index (χ1n) is 4.52. The second kappa shape index (κ2) is 6.93. The van der Waals surface area contributed by atoms with E-state index in [0.717, 1.165) is 11.8 Å². The minimum absolute atomic E-state index is 0.132. The zero-order chi connectivity index (χ0) is 12.7. The predicted molar refractivity (Wildman–Crippen MR) is 69.1 cm³/mol. The number of nitrogens with one attached hydrogen (secondary N) is 1. The van der Waals surface area contributed by atoms with Gasteiger partial charge in [0.15, 0.2) is 5.17 Å². The van der Waals surface area contributed by atoms with E-state index in [1.54, 1.807) is 24.3 Å². The molecule has 0 saturated carbocycles. The standard InChI is InChI=1S/C10H9ClN2O3S/c11-7-1-3-8(4-2-7)12-9(13-10(15)16)17-6-5-14/h1-5H,6H2,(H,12,13)(H,15,16). The first kappa shape index (κ1) is 13.5. The van der Waals surface area contributed by atoms with Crippen LogP contribution in [0.4, 0.5) is 10.5 Å². The largest absolute Gasteiger partial charge is 0.463 e. The van der Waals surface area contributed by atoms with Crippen molar-refractivity contribution >= 4 is 46.6 Å². The molecule has 0 fully saturated rings. The van der Waals surface area contributed by atoms with Crippen LogP contribution >= 0.6 is 23.4 Å². The van der Waals surface area contributed by atoms with Crippen molar-refractivity contribution in [2.75, 3.05) is 11.1 Å². The Balaban J connectivity index is 2.75. The number of thioether (sulfide) groups is 1. The molecule has 0 aromatic heterocycles. The van der Waals surface area contributed by atoms with E-state index in [0.29, 0.717) is 17.0 Å². The molecular formula is C10H9ClN2O3S. The van der Waals surface area contributed by atoms with Crippen LogP contribution in [0.1, 0.15) is 0 Å². The Labute approximate surface area is 107 Å².